The predicted octanol–water partition coefficient (Wildman–Crippen LogP) is 4.18. The number of halogens is 1. The van der Waals surface area contributed by atoms with Crippen LogP contribution < -0.4 is 10.2 Å². The molecule has 0 spiro atoms. The summed E-state index contributed by atoms with van der Waals surface area (Å²) >= 11 is 0. The summed E-state index contributed by atoms with van der Waals surface area (Å²) in [7, 11) is 0. The maximum Gasteiger partial charge on any atom is 0.254 e. The van der Waals surface area contributed by atoms with Crippen LogP contribution in [0, 0.1) is 31.0 Å². The number of hydrazone groups is 1. The molecule has 0 radical (unpaired) electrons. The van der Waals surface area contributed by atoms with Crippen molar-refractivity contribution in [2.75, 3.05) is 0 Å². The van der Waals surface area contributed by atoms with Crippen molar-refractivity contribution in [1.29, 1.82) is 5.26 Å². The lowest BCUT2D eigenvalue weighted by Crippen LogP contribution is -2.16. The topological polar surface area (TPSA) is 79.4 Å². The summed E-state index contributed by atoms with van der Waals surface area (Å²) in [6.07, 6.45) is 1.32. The van der Waals surface area contributed by atoms with Gasteiger partial charge in [0.15, 0.2) is 0 Å². The smallest absolute Gasteiger partial charge is 0.254 e. The maximum atomic E-state index is 13.7. The Kier molecular flexibility index (Phi) is 6.60. The fourth-order valence-electron chi connectivity index (χ4n) is 3.07. The van der Waals surface area contributed by atoms with E-state index in [0.29, 0.717) is 11.3 Å². The van der Waals surface area contributed by atoms with Gasteiger partial charge in [0.2, 0.25) is 0 Å². The highest BCUT2D eigenvalue weighted by atomic mass is 19.1. The molecule has 1 N–H and O–H groups in total. The fraction of sp³-hybridized carbons (Fsp3) is 0.174. The zero-order valence-electron chi connectivity index (χ0n) is 16.7. The maximum absolute atomic E-state index is 13.7. The number of carbonyl (C=O) groups excluding carboxylic acids is 1. The van der Waals surface area contributed by atoms with E-state index < -0.39 is 5.91 Å². The van der Waals surface area contributed by atoms with E-state index in [1.54, 1.807) is 30.5 Å². The highest BCUT2D eigenvalue weighted by Crippen LogP contribution is 2.23. The lowest BCUT2D eigenvalue weighted by molar-refractivity contribution is -0.120. The van der Waals surface area contributed by atoms with E-state index in [2.05, 4.69) is 15.1 Å². The zero-order valence-corrected chi connectivity index (χ0v) is 16.7. The van der Waals surface area contributed by atoms with Crippen molar-refractivity contribution in [3.05, 3.63) is 82.9 Å². The van der Waals surface area contributed by atoms with E-state index in [1.165, 1.54) is 6.07 Å². The van der Waals surface area contributed by atoms with Crippen LogP contribution in [0.15, 0.2) is 59.7 Å². The summed E-state index contributed by atoms with van der Waals surface area (Å²) in [5.41, 5.74) is 6.57. The number of aromatic nitrogens is 1. The second-order valence-electron chi connectivity index (χ2n) is 6.66. The van der Waals surface area contributed by atoms with E-state index >= 15 is 0 Å². The largest absolute Gasteiger partial charge is 0.489 e. The molecule has 7 heteroatoms. The quantitative estimate of drug-likeness (QED) is 0.474. The van der Waals surface area contributed by atoms with Crippen LogP contribution in [-0.4, -0.2) is 16.7 Å². The predicted molar refractivity (Wildman–Crippen MR) is 112 cm³/mol. The number of nitriles is 1. The fourth-order valence-corrected chi connectivity index (χ4v) is 3.07. The Bertz CT molecular complexity index is 1110. The average Bonchev–Trinajstić information content (AvgIpc) is 3.01. The Hall–Kier alpha value is -3.92. The number of nitrogens with zero attached hydrogens (tertiary/aromatic N) is 3. The third-order valence-corrected chi connectivity index (χ3v) is 4.55. The van der Waals surface area contributed by atoms with Crippen molar-refractivity contribution in [3.8, 4) is 17.5 Å². The van der Waals surface area contributed by atoms with Gasteiger partial charge in [0.1, 0.15) is 24.6 Å². The molecular weight excluding hydrogens is 383 g/mol. The van der Waals surface area contributed by atoms with E-state index in [0.717, 1.165) is 22.6 Å². The van der Waals surface area contributed by atoms with E-state index in [9.17, 15) is 9.18 Å². The Balaban J connectivity index is 1.71. The first-order chi connectivity index (χ1) is 14.5. The molecule has 0 aliphatic carbocycles. The molecule has 0 fully saturated rings. The van der Waals surface area contributed by atoms with Gasteiger partial charge < -0.3 is 9.30 Å². The lowest BCUT2D eigenvalue weighted by Gasteiger charge is -2.12. The van der Waals surface area contributed by atoms with Gasteiger partial charge in [-0.2, -0.15) is 10.4 Å². The summed E-state index contributed by atoms with van der Waals surface area (Å²) < 4.78 is 21.5. The molecular formula is C23H21FN4O2. The minimum absolute atomic E-state index is 0.158. The van der Waals surface area contributed by atoms with Crippen molar-refractivity contribution < 1.29 is 13.9 Å². The second-order valence-corrected chi connectivity index (χ2v) is 6.66. The van der Waals surface area contributed by atoms with Crippen LogP contribution in [0.3, 0.4) is 0 Å². The van der Waals surface area contributed by atoms with Crippen molar-refractivity contribution in [3.63, 3.8) is 0 Å². The molecule has 1 aromatic heterocycles. The van der Waals surface area contributed by atoms with Crippen LogP contribution >= 0.6 is 0 Å². The SMILES string of the molecule is Cc1cc(/C=N/NC(=O)CC#N)c(C)n1-c1ccc(OCc2ccccc2F)cc1. The first-order valence-corrected chi connectivity index (χ1v) is 9.34. The van der Waals surface area contributed by atoms with Crippen molar-refractivity contribution >= 4 is 12.1 Å². The Morgan fingerprint density at radius 1 is 1.23 bits per heavy atom. The summed E-state index contributed by atoms with van der Waals surface area (Å²) in [6, 6.07) is 17.8. The molecule has 0 aliphatic heterocycles. The number of amides is 1. The monoisotopic (exact) mass is 404 g/mol. The Labute approximate surface area is 174 Å². The minimum Gasteiger partial charge on any atom is -0.489 e. The zero-order chi connectivity index (χ0) is 21.5. The van der Waals surface area contributed by atoms with Crippen LogP contribution in [0.2, 0.25) is 0 Å². The van der Waals surface area contributed by atoms with Crippen molar-refractivity contribution in [2.45, 2.75) is 26.9 Å². The van der Waals surface area contributed by atoms with Crippen LogP contribution in [0.1, 0.15) is 28.9 Å². The number of carbonyl (C=O) groups is 1. The van der Waals surface area contributed by atoms with Gasteiger partial charge in [-0.3, -0.25) is 4.79 Å². The summed E-state index contributed by atoms with van der Waals surface area (Å²) in [5.74, 6) is -0.0919. The Morgan fingerprint density at radius 2 is 1.97 bits per heavy atom. The van der Waals surface area contributed by atoms with Gasteiger partial charge in [-0.15, -0.1) is 0 Å². The van der Waals surface area contributed by atoms with Crippen LogP contribution in [-0.2, 0) is 11.4 Å². The molecule has 152 valence electrons. The van der Waals surface area contributed by atoms with E-state index in [1.807, 2.05) is 44.2 Å². The molecule has 1 amide bonds. The van der Waals surface area contributed by atoms with E-state index in [4.69, 9.17) is 10.00 Å². The molecule has 0 bridgehead atoms. The molecule has 0 saturated carbocycles. The minimum atomic E-state index is -0.450. The second kappa shape index (κ2) is 9.52. The van der Waals surface area contributed by atoms with Crippen LogP contribution in [0.25, 0.3) is 5.69 Å². The van der Waals surface area contributed by atoms with Crippen molar-refractivity contribution in [2.24, 2.45) is 5.10 Å². The molecule has 3 rings (SSSR count). The van der Waals surface area contributed by atoms with Gasteiger partial charge >= 0.3 is 0 Å². The summed E-state index contributed by atoms with van der Waals surface area (Å²) in [5, 5.41) is 12.4. The normalized spacial score (nSPS) is 10.7. The number of nitrogens with one attached hydrogen (secondary N) is 1. The number of benzene rings is 2. The van der Waals surface area contributed by atoms with Gasteiger partial charge in [-0.1, -0.05) is 18.2 Å². The highest BCUT2D eigenvalue weighted by Gasteiger charge is 2.10. The first kappa shape index (κ1) is 20.8. The van der Waals surface area contributed by atoms with Crippen molar-refractivity contribution in [1.82, 2.24) is 9.99 Å². The van der Waals surface area contributed by atoms with Crippen LogP contribution in [0.4, 0.5) is 4.39 Å². The molecule has 0 saturated heterocycles. The molecule has 0 aliphatic rings. The molecule has 0 atom stereocenters. The van der Waals surface area contributed by atoms with Gasteiger partial charge in [0.05, 0.1) is 12.3 Å². The molecule has 0 unspecified atom stereocenters. The van der Waals surface area contributed by atoms with Gasteiger partial charge in [0.25, 0.3) is 5.91 Å². The Morgan fingerprint density at radius 3 is 2.67 bits per heavy atom. The number of aryl methyl sites for hydroxylation is 1. The molecule has 30 heavy (non-hydrogen) atoms. The number of ether oxygens (including phenoxy) is 1. The average molecular weight is 404 g/mol. The third kappa shape index (κ3) is 4.92. The summed E-state index contributed by atoms with van der Waals surface area (Å²) in [6.45, 7) is 4.08. The molecule has 1 heterocycles. The molecule has 6 nitrogen and oxygen atoms in total. The van der Waals surface area contributed by atoms with Crippen LogP contribution in [0.5, 0.6) is 5.75 Å². The number of hydrogen-bond acceptors (Lipinski definition) is 4. The summed E-state index contributed by atoms with van der Waals surface area (Å²) in [4.78, 5) is 11.3. The molecule has 3 aromatic rings. The number of hydrogen-bond donors (Lipinski definition) is 1. The lowest BCUT2D eigenvalue weighted by atomic mass is 10.2. The van der Waals surface area contributed by atoms with Gasteiger partial charge in [0, 0.05) is 28.2 Å². The highest BCUT2D eigenvalue weighted by molar-refractivity contribution is 5.84. The first-order valence-electron chi connectivity index (χ1n) is 9.34. The van der Waals surface area contributed by atoms with E-state index in [-0.39, 0.29) is 18.8 Å². The van der Waals surface area contributed by atoms with Gasteiger partial charge in [-0.05, 0) is 50.2 Å². The van der Waals surface area contributed by atoms with Gasteiger partial charge in [-0.25, -0.2) is 9.82 Å². The molecule has 2 aromatic carbocycles. The third-order valence-electron chi connectivity index (χ3n) is 4.55. The standard InChI is InChI=1S/C23H21FN4O2/c1-16-13-19(14-26-27-23(29)11-12-25)17(2)28(16)20-7-9-21(10-8-20)30-15-18-5-3-4-6-22(18)24/h3-10,13-14H,11,15H2,1-2H3,(H,27,29)/b26-14+. The number of rotatable bonds is 7.